The number of rotatable bonds is 7. The summed E-state index contributed by atoms with van der Waals surface area (Å²) in [5.41, 5.74) is 3.28. The molecule has 1 unspecified atom stereocenters. The van der Waals surface area contributed by atoms with Gasteiger partial charge in [-0.15, -0.1) is 23.1 Å². The van der Waals surface area contributed by atoms with E-state index < -0.39 is 0 Å². The molecule has 1 aliphatic rings. The molecule has 1 heterocycles. The fraction of sp³-hybridized carbons (Fsp3) is 0.269. The summed E-state index contributed by atoms with van der Waals surface area (Å²) in [6.07, 6.45) is 2.80. The highest BCUT2D eigenvalue weighted by molar-refractivity contribution is 8.00. The van der Waals surface area contributed by atoms with Crippen LogP contribution >= 0.6 is 35.3 Å². The summed E-state index contributed by atoms with van der Waals surface area (Å²) < 4.78 is 5.01. The first-order valence-corrected chi connectivity index (χ1v) is 13.5. The van der Waals surface area contributed by atoms with E-state index in [0.717, 1.165) is 41.1 Å². The van der Waals surface area contributed by atoms with Crippen molar-refractivity contribution in [1.82, 2.24) is 0 Å². The average Bonchev–Trinajstić information content (AvgIpc) is 3.19. The summed E-state index contributed by atoms with van der Waals surface area (Å²) >= 11 is 8.31. The third kappa shape index (κ3) is 6.62. The topological polar surface area (TPSA) is 79.5 Å². The van der Waals surface area contributed by atoms with Crippen LogP contribution in [0.4, 0.5) is 16.4 Å². The minimum absolute atomic E-state index is 0.161. The van der Waals surface area contributed by atoms with Crippen LogP contribution in [0.25, 0.3) is 0 Å². The quantitative estimate of drug-likeness (QED) is 0.193. The second-order valence-corrected chi connectivity index (χ2v) is 10.9. The van der Waals surface area contributed by atoms with Crippen molar-refractivity contribution in [3.63, 3.8) is 0 Å². The molecule has 1 aromatic heterocycles. The Labute approximate surface area is 218 Å². The number of nitrogens with one attached hydrogen (secondary N) is 3. The Balaban J connectivity index is 1.36. The molecule has 1 aliphatic carbocycles. The van der Waals surface area contributed by atoms with Gasteiger partial charge in [0.05, 0.1) is 18.4 Å². The van der Waals surface area contributed by atoms with Crippen molar-refractivity contribution in [3.8, 4) is 0 Å². The van der Waals surface area contributed by atoms with Crippen molar-refractivity contribution in [2.75, 3.05) is 28.8 Å². The normalized spacial score (nSPS) is 14.5. The van der Waals surface area contributed by atoms with E-state index in [9.17, 15) is 9.59 Å². The second-order valence-electron chi connectivity index (χ2n) is 8.36. The van der Waals surface area contributed by atoms with Crippen LogP contribution in [0.5, 0.6) is 0 Å². The molecule has 35 heavy (non-hydrogen) atoms. The summed E-state index contributed by atoms with van der Waals surface area (Å²) in [5.74, 6) is 0.239. The summed E-state index contributed by atoms with van der Waals surface area (Å²) in [6.45, 7) is 2.21. The first kappa shape index (κ1) is 25.2. The van der Waals surface area contributed by atoms with Crippen molar-refractivity contribution in [1.29, 1.82) is 0 Å². The molecule has 0 fully saturated rings. The standard InChI is InChI=1S/C26H27N3O3S3/c1-16-11-12-20-21(13-16)35-24(23(20)25(31)32-2)29-22(30)15-34-19-10-6-9-18(14-19)28-26(33)27-17-7-4-3-5-8-17/h3-10,14,16H,11-13,15H2,1-2H3,(H,29,30)(H2,27,28,33). The van der Waals surface area contributed by atoms with Gasteiger partial charge in [0.25, 0.3) is 0 Å². The van der Waals surface area contributed by atoms with Crippen molar-refractivity contribution in [3.05, 3.63) is 70.6 Å². The van der Waals surface area contributed by atoms with Gasteiger partial charge < -0.3 is 20.7 Å². The second kappa shape index (κ2) is 11.7. The smallest absolute Gasteiger partial charge is 0.341 e. The van der Waals surface area contributed by atoms with E-state index in [4.69, 9.17) is 17.0 Å². The van der Waals surface area contributed by atoms with Gasteiger partial charge in [0, 0.05) is 21.1 Å². The molecular formula is C26H27N3O3S3. The van der Waals surface area contributed by atoms with E-state index in [1.54, 1.807) is 0 Å². The van der Waals surface area contributed by atoms with Crippen LogP contribution in [-0.2, 0) is 22.4 Å². The highest BCUT2D eigenvalue weighted by atomic mass is 32.2. The number of hydrogen-bond donors (Lipinski definition) is 3. The molecule has 0 radical (unpaired) electrons. The summed E-state index contributed by atoms with van der Waals surface area (Å²) in [6, 6.07) is 17.4. The van der Waals surface area contributed by atoms with Gasteiger partial charge in [-0.3, -0.25) is 4.79 Å². The van der Waals surface area contributed by atoms with Crippen molar-refractivity contribution in [2.24, 2.45) is 5.92 Å². The SMILES string of the molecule is COC(=O)c1c(NC(=O)CSc2cccc(NC(=S)Nc3ccccc3)c2)sc2c1CCC(C)C2. The number of anilines is 3. The maximum absolute atomic E-state index is 12.8. The molecule has 9 heteroatoms. The lowest BCUT2D eigenvalue weighted by Crippen LogP contribution is -2.19. The lowest BCUT2D eigenvalue weighted by Gasteiger charge is -2.18. The molecule has 1 atom stereocenters. The first-order valence-electron chi connectivity index (χ1n) is 11.3. The van der Waals surface area contributed by atoms with Crippen molar-refractivity contribution >= 4 is 68.7 Å². The van der Waals surface area contributed by atoms with Gasteiger partial charge in [0.15, 0.2) is 5.11 Å². The number of esters is 1. The largest absolute Gasteiger partial charge is 0.465 e. The summed E-state index contributed by atoms with van der Waals surface area (Å²) in [5, 5.41) is 10.3. The average molecular weight is 526 g/mol. The lowest BCUT2D eigenvalue weighted by atomic mass is 9.88. The number of benzene rings is 2. The Bertz CT molecular complexity index is 1230. The van der Waals surface area contributed by atoms with Crippen LogP contribution in [0.3, 0.4) is 0 Å². The third-order valence-corrected chi connectivity index (χ3v) is 8.02. The number of para-hydroxylation sites is 1. The maximum Gasteiger partial charge on any atom is 0.341 e. The molecule has 0 aliphatic heterocycles. The molecule has 2 aromatic carbocycles. The fourth-order valence-electron chi connectivity index (χ4n) is 3.95. The van der Waals surface area contributed by atoms with Crippen LogP contribution in [0.15, 0.2) is 59.5 Å². The minimum atomic E-state index is -0.390. The van der Waals surface area contributed by atoms with E-state index in [-0.39, 0.29) is 17.6 Å². The molecular weight excluding hydrogens is 499 g/mol. The molecule has 4 rings (SSSR count). The number of thiophene rings is 1. The molecule has 0 saturated carbocycles. The Morgan fingerprint density at radius 1 is 1.09 bits per heavy atom. The highest BCUT2D eigenvalue weighted by Crippen LogP contribution is 2.40. The minimum Gasteiger partial charge on any atom is -0.465 e. The van der Waals surface area contributed by atoms with E-state index in [0.29, 0.717) is 21.6 Å². The van der Waals surface area contributed by atoms with Gasteiger partial charge in [0.1, 0.15) is 5.00 Å². The number of amides is 1. The zero-order chi connectivity index (χ0) is 24.8. The zero-order valence-electron chi connectivity index (χ0n) is 19.6. The number of methoxy groups -OCH3 is 1. The Morgan fingerprint density at radius 2 is 1.83 bits per heavy atom. The van der Waals surface area contributed by atoms with Gasteiger partial charge in [0.2, 0.25) is 5.91 Å². The molecule has 0 spiro atoms. The number of thioether (sulfide) groups is 1. The molecule has 0 bridgehead atoms. The van der Waals surface area contributed by atoms with Gasteiger partial charge in [-0.05, 0) is 73.3 Å². The zero-order valence-corrected chi connectivity index (χ0v) is 22.0. The van der Waals surface area contributed by atoms with Crippen molar-refractivity contribution in [2.45, 2.75) is 31.1 Å². The Morgan fingerprint density at radius 3 is 2.60 bits per heavy atom. The van der Waals surface area contributed by atoms with Crippen LogP contribution in [-0.4, -0.2) is 29.9 Å². The van der Waals surface area contributed by atoms with E-state index in [2.05, 4.69) is 22.9 Å². The molecule has 182 valence electrons. The number of carbonyl (C=O) groups excluding carboxylic acids is 2. The third-order valence-electron chi connectivity index (χ3n) is 5.65. The van der Waals surface area contributed by atoms with Crippen LogP contribution in [0.1, 0.15) is 34.1 Å². The van der Waals surface area contributed by atoms with Crippen LogP contribution in [0.2, 0.25) is 0 Å². The van der Waals surface area contributed by atoms with E-state index in [1.165, 1.54) is 35.1 Å². The molecule has 3 aromatic rings. The predicted molar refractivity (Wildman–Crippen MR) is 149 cm³/mol. The fourth-order valence-corrected chi connectivity index (χ4v) is 6.35. The first-order chi connectivity index (χ1) is 16.9. The molecule has 6 nitrogen and oxygen atoms in total. The van der Waals surface area contributed by atoms with Crippen LogP contribution in [0, 0.1) is 5.92 Å². The number of carbonyl (C=O) groups is 2. The molecule has 3 N–H and O–H groups in total. The van der Waals surface area contributed by atoms with Crippen LogP contribution < -0.4 is 16.0 Å². The molecule has 0 saturated heterocycles. The number of thiocarbonyl (C=S) groups is 1. The highest BCUT2D eigenvalue weighted by Gasteiger charge is 2.28. The summed E-state index contributed by atoms with van der Waals surface area (Å²) in [4.78, 5) is 27.3. The predicted octanol–water partition coefficient (Wildman–Crippen LogP) is 6.20. The van der Waals surface area contributed by atoms with Gasteiger partial charge in [-0.25, -0.2) is 4.79 Å². The van der Waals surface area contributed by atoms with Gasteiger partial charge in [-0.2, -0.15) is 0 Å². The lowest BCUT2D eigenvalue weighted by molar-refractivity contribution is -0.113. The van der Waals surface area contributed by atoms with Gasteiger partial charge in [-0.1, -0.05) is 31.2 Å². The van der Waals surface area contributed by atoms with E-state index in [1.807, 2.05) is 54.6 Å². The monoisotopic (exact) mass is 525 g/mol. The number of ether oxygens (including phenoxy) is 1. The Hall–Kier alpha value is -2.88. The number of hydrogen-bond acceptors (Lipinski definition) is 6. The Kier molecular flexibility index (Phi) is 8.43. The van der Waals surface area contributed by atoms with E-state index >= 15 is 0 Å². The number of fused-ring (bicyclic) bond motifs is 1. The summed E-state index contributed by atoms with van der Waals surface area (Å²) in [7, 11) is 1.38. The van der Waals surface area contributed by atoms with Crippen molar-refractivity contribution < 1.29 is 14.3 Å². The molecule has 1 amide bonds. The maximum atomic E-state index is 12.8. The van der Waals surface area contributed by atoms with Gasteiger partial charge >= 0.3 is 5.97 Å².